The largest absolute Gasteiger partial charge is 0.508 e. The molecule has 0 bridgehead atoms. The first-order chi connectivity index (χ1) is 16.5. The van der Waals surface area contributed by atoms with E-state index in [1.165, 1.54) is 5.56 Å². The van der Waals surface area contributed by atoms with Gasteiger partial charge in [-0.2, -0.15) is 0 Å². The van der Waals surface area contributed by atoms with Crippen molar-refractivity contribution in [1.82, 2.24) is 0 Å². The van der Waals surface area contributed by atoms with Crippen LogP contribution < -0.4 is 5.46 Å². The van der Waals surface area contributed by atoms with E-state index in [4.69, 9.17) is 28.3 Å². The lowest BCUT2D eigenvalue weighted by molar-refractivity contribution is -0.210. The van der Waals surface area contributed by atoms with Crippen molar-refractivity contribution >= 4 is 24.8 Å². The molecule has 0 spiro atoms. The van der Waals surface area contributed by atoms with Gasteiger partial charge >= 0.3 is 13.3 Å². The predicted molar refractivity (Wildman–Crippen MR) is 129 cm³/mol. The van der Waals surface area contributed by atoms with Gasteiger partial charge in [0, 0.05) is 18.6 Å². The molecule has 2 fully saturated rings. The maximum atomic E-state index is 12.1. The Morgan fingerprint density at radius 3 is 2.38 bits per heavy atom. The second-order valence-electron chi connectivity index (χ2n) is 9.07. The minimum atomic E-state index is -0.717. The van der Waals surface area contributed by atoms with Gasteiger partial charge < -0.3 is 28.3 Å². The summed E-state index contributed by atoms with van der Waals surface area (Å²) in [5.74, 6) is 0. The molecule has 0 atom stereocenters. The molecular weight excluding hydrogens is 435 g/mol. The lowest BCUT2D eigenvalue weighted by Gasteiger charge is -2.35. The van der Waals surface area contributed by atoms with E-state index in [9.17, 15) is 4.79 Å². The predicted octanol–water partition coefficient (Wildman–Crippen LogP) is 3.87. The topological polar surface area (TPSA) is 72.5 Å². The first kappa shape index (κ1) is 24.5. The molecule has 2 aliphatic heterocycles. The first-order valence-corrected chi connectivity index (χ1v) is 11.6. The molecule has 0 saturated carbocycles. The molecule has 0 aliphatic carbocycles. The maximum absolute atomic E-state index is 12.1. The van der Waals surface area contributed by atoms with Crippen LogP contribution in [0.25, 0.3) is 6.08 Å². The average Bonchev–Trinajstić information content (AvgIpc) is 2.88. The summed E-state index contributed by atoms with van der Waals surface area (Å²) in [4.78, 5) is 12.1. The fourth-order valence-electron chi connectivity index (χ4n) is 3.59. The smallest absolute Gasteiger partial charge is 0.434 e. The number of aryl methyl sites for hydroxylation is 1. The second-order valence-corrected chi connectivity index (χ2v) is 9.07. The van der Waals surface area contributed by atoms with Gasteiger partial charge in [0.15, 0.2) is 6.29 Å². The van der Waals surface area contributed by atoms with Crippen molar-refractivity contribution in [3.63, 3.8) is 0 Å². The highest BCUT2D eigenvalue weighted by Crippen LogP contribution is 2.25. The molecule has 180 valence electrons. The van der Waals surface area contributed by atoms with Gasteiger partial charge in [-0.05, 0) is 36.0 Å². The minimum absolute atomic E-state index is 0.126. The van der Waals surface area contributed by atoms with E-state index in [1.54, 1.807) is 0 Å². The normalized spacial score (nSPS) is 23.1. The number of benzene rings is 2. The Morgan fingerprint density at radius 2 is 1.71 bits per heavy atom. The second kappa shape index (κ2) is 11.7. The van der Waals surface area contributed by atoms with Gasteiger partial charge in [-0.1, -0.05) is 67.1 Å². The van der Waals surface area contributed by atoms with Gasteiger partial charge in [0.05, 0.1) is 13.2 Å². The van der Waals surface area contributed by atoms with E-state index in [0.717, 1.165) is 23.0 Å². The lowest BCUT2D eigenvalue weighted by Crippen LogP contribution is -2.42. The third-order valence-electron chi connectivity index (χ3n) is 5.69. The van der Waals surface area contributed by atoms with Crippen LogP contribution in [0.3, 0.4) is 0 Å². The Labute approximate surface area is 201 Å². The first-order valence-electron chi connectivity index (χ1n) is 11.6. The van der Waals surface area contributed by atoms with E-state index in [2.05, 4.69) is 19.1 Å². The summed E-state index contributed by atoms with van der Waals surface area (Å²) in [6.45, 7) is 6.50. The summed E-state index contributed by atoms with van der Waals surface area (Å²) in [5, 5.41) is 0. The van der Waals surface area contributed by atoms with Gasteiger partial charge in [0.1, 0.15) is 13.2 Å². The van der Waals surface area contributed by atoms with Crippen LogP contribution >= 0.6 is 0 Å². The van der Waals surface area contributed by atoms with E-state index in [0.29, 0.717) is 26.4 Å². The third kappa shape index (κ3) is 7.17. The van der Waals surface area contributed by atoms with Crippen molar-refractivity contribution in [2.75, 3.05) is 33.0 Å². The number of rotatable bonds is 7. The van der Waals surface area contributed by atoms with Gasteiger partial charge in [-0.25, -0.2) is 4.79 Å². The van der Waals surface area contributed by atoms with E-state index < -0.39 is 17.9 Å². The highest BCUT2D eigenvalue weighted by Gasteiger charge is 2.33. The standard InChI is InChI=1S/C26H31BO7/c1-20-4-6-21(7-5-20)10-13-24-30-17-26(2,18-31-24)19-32-25(28)29-16-22-8-11-23(12-9-22)27-33-14-3-15-34-27/h4-13,24H,3,14-19H2,1-2H3/b13-10+. The summed E-state index contributed by atoms with van der Waals surface area (Å²) in [6.07, 6.45) is 3.63. The molecule has 0 radical (unpaired) electrons. The molecule has 2 saturated heterocycles. The molecule has 0 N–H and O–H groups in total. The molecule has 2 heterocycles. The van der Waals surface area contributed by atoms with E-state index in [1.807, 2.05) is 55.5 Å². The highest BCUT2D eigenvalue weighted by molar-refractivity contribution is 6.61. The highest BCUT2D eigenvalue weighted by atomic mass is 16.7. The summed E-state index contributed by atoms with van der Waals surface area (Å²) >= 11 is 0. The van der Waals surface area contributed by atoms with Crippen LogP contribution in [0.2, 0.25) is 0 Å². The quantitative estimate of drug-likeness (QED) is 0.453. The van der Waals surface area contributed by atoms with Crippen molar-refractivity contribution in [1.29, 1.82) is 0 Å². The molecule has 0 aromatic heterocycles. The molecule has 2 aromatic carbocycles. The van der Waals surface area contributed by atoms with Gasteiger partial charge in [-0.15, -0.1) is 0 Å². The minimum Gasteiger partial charge on any atom is -0.434 e. The zero-order valence-electron chi connectivity index (χ0n) is 19.7. The monoisotopic (exact) mass is 466 g/mol. The Bertz CT molecular complexity index is 944. The molecule has 0 amide bonds. The van der Waals surface area contributed by atoms with E-state index >= 15 is 0 Å². The fourth-order valence-corrected chi connectivity index (χ4v) is 3.59. The molecule has 7 nitrogen and oxygen atoms in total. The SMILES string of the molecule is Cc1ccc(/C=C/C2OCC(C)(COC(=O)OCc3ccc(B4OCCCO4)cc3)CO2)cc1. The van der Waals surface area contributed by atoms with Crippen molar-refractivity contribution in [2.45, 2.75) is 33.2 Å². The molecule has 4 rings (SSSR count). The van der Waals surface area contributed by atoms with Crippen LogP contribution in [0.4, 0.5) is 4.79 Å². The van der Waals surface area contributed by atoms with Crippen LogP contribution in [0.5, 0.6) is 0 Å². The zero-order valence-corrected chi connectivity index (χ0v) is 19.7. The van der Waals surface area contributed by atoms with Gasteiger partial charge in [0.25, 0.3) is 0 Å². The maximum Gasteiger partial charge on any atom is 0.508 e. The number of ether oxygens (including phenoxy) is 4. The van der Waals surface area contributed by atoms with Crippen molar-refractivity contribution in [2.24, 2.45) is 5.41 Å². The van der Waals surface area contributed by atoms with Crippen molar-refractivity contribution in [3.8, 4) is 0 Å². The Morgan fingerprint density at radius 1 is 1.03 bits per heavy atom. The van der Waals surface area contributed by atoms with Crippen LogP contribution in [0.1, 0.15) is 30.0 Å². The molecule has 0 unspecified atom stereocenters. The number of hydrogen-bond acceptors (Lipinski definition) is 7. The summed E-state index contributed by atoms with van der Waals surface area (Å²) in [7, 11) is -0.327. The van der Waals surface area contributed by atoms with Crippen LogP contribution in [0, 0.1) is 12.3 Å². The lowest BCUT2D eigenvalue weighted by atomic mass is 9.78. The molecule has 34 heavy (non-hydrogen) atoms. The molecular formula is C26H31BO7. The van der Waals surface area contributed by atoms with E-state index in [-0.39, 0.29) is 20.3 Å². The zero-order chi connectivity index (χ0) is 23.8. The van der Waals surface area contributed by atoms with Crippen molar-refractivity contribution < 1.29 is 33.1 Å². The number of carbonyl (C=O) groups is 1. The number of hydrogen-bond donors (Lipinski definition) is 0. The third-order valence-corrected chi connectivity index (χ3v) is 5.69. The Hall–Kier alpha value is -2.65. The molecule has 8 heteroatoms. The fraction of sp³-hybridized carbons (Fsp3) is 0.423. The summed E-state index contributed by atoms with van der Waals surface area (Å²) < 4.78 is 33.4. The summed E-state index contributed by atoms with van der Waals surface area (Å²) in [5.41, 5.74) is 3.67. The average molecular weight is 466 g/mol. The number of carbonyl (C=O) groups excluding carboxylic acids is 1. The Kier molecular flexibility index (Phi) is 8.40. The van der Waals surface area contributed by atoms with Crippen LogP contribution in [-0.2, 0) is 34.9 Å². The van der Waals surface area contributed by atoms with Crippen LogP contribution in [0.15, 0.2) is 54.6 Å². The Balaban J connectivity index is 1.16. The van der Waals surface area contributed by atoms with Crippen LogP contribution in [-0.4, -0.2) is 52.6 Å². The molecule has 2 aromatic rings. The van der Waals surface area contributed by atoms with Gasteiger partial charge in [-0.3, -0.25) is 0 Å². The van der Waals surface area contributed by atoms with Crippen molar-refractivity contribution in [3.05, 3.63) is 71.3 Å². The van der Waals surface area contributed by atoms with Gasteiger partial charge in [0.2, 0.25) is 0 Å². The summed E-state index contributed by atoms with van der Waals surface area (Å²) in [6, 6.07) is 15.8. The molecule has 2 aliphatic rings.